The molecule has 0 bridgehead atoms. The van der Waals surface area contributed by atoms with Crippen LogP contribution in [0.1, 0.15) is 18.4 Å². The minimum Gasteiger partial charge on any atom is -0.383 e. The van der Waals surface area contributed by atoms with E-state index in [1.165, 1.54) is 0 Å². The Morgan fingerprint density at radius 1 is 1.16 bits per heavy atom. The lowest BCUT2D eigenvalue weighted by atomic mass is 10.4. The number of ether oxygens (including phenoxy) is 2. The fourth-order valence-corrected chi connectivity index (χ4v) is 2.33. The molecule has 0 spiro atoms. The molecule has 0 aliphatic heterocycles. The van der Waals surface area contributed by atoms with Gasteiger partial charge < -0.3 is 14.8 Å². The lowest BCUT2D eigenvalue weighted by molar-refractivity contribution is 0.110. The molecule has 7 heteroatoms. The molecule has 110 valence electrons. The lowest BCUT2D eigenvalue weighted by Crippen LogP contribution is -2.30. The summed E-state index contributed by atoms with van der Waals surface area (Å²) in [5, 5.41) is 13.5. The molecule has 19 heavy (non-hydrogen) atoms. The molecule has 0 fully saturated rings. The van der Waals surface area contributed by atoms with Gasteiger partial charge in [0.1, 0.15) is 5.01 Å². The number of hydrogen-bond donors (Lipinski definition) is 1. The molecule has 1 aromatic heterocycles. The zero-order valence-corrected chi connectivity index (χ0v) is 12.8. The van der Waals surface area contributed by atoms with Crippen LogP contribution in [0.4, 0.5) is 5.13 Å². The highest BCUT2D eigenvalue weighted by atomic mass is 32.1. The molecule has 1 aromatic rings. The van der Waals surface area contributed by atoms with Crippen molar-refractivity contribution in [2.75, 3.05) is 52.4 Å². The second kappa shape index (κ2) is 10.1. The number of nitrogens with zero attached hydrogens (tertiary/aromatic N) is 3. The lowest BCUT2D eigenvalue weighted by Gasteiger charge is -2.19. The molecule has 0 unspecified atom stereocenters. The van der Waals surface area contributed by atoms with Crippen LogP contribution in [-0.4, -0.2) is 62.2 Å². The first-order valence-corrected chi connectivity index (χ1v) is 7.38. The van der Waals surface area contributed by atoms with Gasteiger partial charge in [-0.05, 0) is 6.42 Å². The maximum Gasteiger partial charge on any atom is 0.205 e. The molecule has 0 radical (unpaired) electrons. The smallest absolute Gasteiger partial charge is 0.205 e. The van der Waals surface area contributed by atoms with E-state index in [2.05, 4.69) is 27.3 Å². The Bertz CT molecular complexity index is 327. The summed E-state index contributed by atoms with van der Waals surface area (Å²) in [7, 11) is 3.43. The van der Waals surface area contributed by atoms with Gasteiger partial charge in [0.05, 0.1) is 19.8 Å². The molecule has 6 nitrogen and oxygen atoms in total. The topological polar surface area (TPSA) is 59.5 Å². The average molecular weight is 288 g/mol. The number of anilines is 1. The Morgan fingerprint density at radius 2 is 1.84 bits per heavy atom. The first-order chi connectivity index (χ1) is 9.30. The normalized spacial score (nSPS) is 11.2. The van der Waals surface area contributed by atoms with Crippen LogP contribution >= 0.6 is 11.3 Å². The Morgan fingerprint density at radius 3 is 2.42 bits per heavy atom. The third-order valence-electron chi connectivity index (χ3n) is 2.58. The van der Waals surface area contributed by atoms with Gasteiger partial charge in [0.15, 0.2) is 0 Å². The molecular formula is C12H24N4O2S. The second-order valence-electron chi connectivity index (χ2n) is 4.19. The van der Waals surface area contributed by atoms with Crippen LogP contribution in [-0.2, 0) is 16.0 Å². The van der Waals surface area contributed by atoms with Gasteiger partial charge in [0.2, 0.25) is 5.13 Å². The highest BCUT2D eigenvalue weighted by Crippen LogP contribution is 2.16. The summed E-state index contributed by atoms with van der Waals surface area (Å²) in [5.74, 6) is 0. The summed E-state index contributed by atoms with van der Waals surface area (Å²) in [6, 6.07) is 0. The number of aromatic nitrogens is 2. The molecule has 0 amide bonds. The molecule has 1 N–H and O–H groups in total. The maximum atomic E-state index is 5.12. The molecule has 1 heterocycles. The van der Waals surface area contributed by atoms with E-state index < -0.39 is 0 Å². The fourth-order valence-electron chi connectivity index (χ4n) is 1.52. The standard InChI is InChI=1S/C12H24N4O2S/c1-4-5-13-12-15-14-11(19-12)10-16(6-8-17-2)7-9-18-3/h4-10H2,1-3H3,(H,13,15). The van der Waals surface area contributed by atoms with Gasteiger partial charge in [0.25, 0.3) is 0 Å². The summed E-state index contributed by atoms with van der Waals surface area (Å²) in [6.45, 7) is 7.03. The summed E-state index contributed by atoms with van der Waals surface area (Å²) in [5.41, 5.74) is 0. The first-order valence-electron chi connectivity index (χ1n) is 6.56. The number of methoxy groups -OCH3 is 2. The third-order valence-corrected chi connectivity index (χ3v) is 3.44. The van der Waals surface area contributed by atoms with E-state index in [9.17, 15) is 0 Å². The van der Waals surface area contributed by atoms with E-state index in [4.69, 9.17) is 9.47 Å². The van der Waals surface area contributed by atoms with Gasteiger partial charge in [-0.3, -0.25) is 4.90 Å². The molecular weight excluding hydrogens is 264 g/mol. The van der Waals surface area contributed by atoms with Crippen molar-refractivity contribution in [1.82, 2.24) is 15.1 Å². The summed E-state index contributed by atoms with van der Waals surface area (Å²) < 4.78 is 10.2. The molecule has 0 aromatic carbocycles. The van der Waals surface area contributed by atoms with E-state index >= 15 is 0 Å². The zero-order chi connectivity index (χ0) is 13.9. The van der Waals surface area contributed by atoms with Crippen molar-refractivity contribution >= 4 is 16.5 Å². The van der Waals surface area contributed by atoms with E-state index in [1.807, 2.05) is 0 Å². The number of hydrogen-bond acceptors (Lipinski definition) is 7. The molecule has 1 rings (SSSR count). The second-order valence-corrected chi connectivity index (χ2v) is 5.25. The first kappa shape index (κ1) is 16.3. The predicted molar refractivity (Wildman–Crippen MR) is 77.7 cm³/mol. The van der Waals surface area contributed by atoms with Crippen LogP contribution in [0.2, 0.25) is 0 Å². The van der Waals surface area contributed by atoms with E-state index in [0.717, 1.165) is 42.7 Å². The van der Waals surface area contributed by atoms with Crippen molar-refractivity contribution in [2.24, 2.45) is 0 Å². The average Bonchev–Trinajstić information content (AvgIpc) is 2.87. The van der Waals surface area contributed by atoms with Crippen molar-refractivity contribution in [1.29, 1.82) is 0 Å². The van der Waals surface area contributed by atoms with Crippen LogP contribution in [0.25, 0.3) is 0 Å². The van der Waals surface area contributed by atoms with Crippen LogP contribution in [0.3, 0.4) is 0 Å². The summed E-state index contributed by atoms with van der Waals surface area (Å²) >= 11 is 1.61. The van der Waals surface area contributed by atoms with Crippen LogP contribution in [0.5, 0.6) is 0 Å². The van der Waals surface area contributed by atoms with Crippen LogP contribution in [0.15, 0.2) is 0 Å². The van der Waals surface area contributed by atoms with Gasteiger partial charge in [-0.15, -0.1) is 10.2 Å². The molecule has 0 saturated carbocycles. The number of nitrogens with one attached hydrogen (secondary N) is 1. The Balaban J connectivity index is 2.44. The van der Waals surface area contributed by atoms with E-state index in [1.54, 1.807) is 25.6 Å². The fraction of sp³-hybridized carbons (Fsp3) is 0.833. The third kappa shape index (κ3) is 6.81. The molecule has 0 atom stereocenters. The van der Waals surface area contributed by atoms with Gasteiger partial charge in [-0.1, -0.05) is 18.3 Å². The van der Waals surface area contributed by atoms with Crippen molar-refractivity contribution in [3.8, 4) is 0 Å². The Kier molecular flexibility index (Phi) is 8.64. The quantitative estimate of drug-likeness (QED) is 0.665. The molecule has 0 aliphatic rings. The minimum absolute atomic E-state index is 0.712. The van der Waals surface area contributed by atoms with Crippen molar-refractivity contribution in [3.05, 3.63) is 5.01 Å². The Labute approximate surface area is 119 Å². The predicted octanol–water partition coefficient (Wildman–Crippen LogP) is 1.45. The zero-order valence-electron chi connectivity index (χ0n) is 12.0. The maximum absolute atomic E-state index is 5.12. The minimum atomic E-state index is 0.712. The van der Waals surface area contributed by atoms with E-state index in [0.29, 0.717) is 13.2 Å². The van der Waals surface area contributed by atoms with Gasteiger partial charge in [0, 0.05) is 33.9 Å². The molecule has 0 aliphatic carbocycles. The van der Waals surface area contributed by atoms with Gasteiger partial charge in [-0.25, -0.2) is 0 Å². The van der Waals surface area contributed by atoms with Crippen molar-refractivity contribution in [2.45, 2.75) is 19.9 Å². The summed E-state index contributed by atoms with van der Waals surface area (Å²) in [6.07, 6.45) is 1.09. The van der Waals surface area contributed by atoms with E-state index in [-0.39, 0.29) is 0 Å². The highest BCUT2D eigenvalue weighted by molar-refractivity contribution is 7.15. The van der Waals surface area contributed by atoms with Crippen LogP contribution in [0, 0.1) is 0 Å². The molecule has 0 saturated heterocycles. The number of rotatable bonds is 11. The largest absolute Gasteiger partial charge is 0.383 e. The van der Waals surface area contributed by atoms with Crippen molar-refractivity contribution in [3.63, 3.8) is 0 Å². The Hall–Kier alpha value is -0.760. The van der Waals surface area contributed by atoms with Crippen LogP contribution < -0.4 is 5.32 Å². The van der Waals surface area contributed by atoms with Gasteiger partial charge >= 0.3 is 0 Å². The van der Waals surface area contributed by atoms with Gasteiger partial charge in [-0.2, -0.15) is 0 Å². The summed E-state index contributed by atoms with van der Waals surface area (Å²) in [4.78, 5) is 2.26. The monoisotopic (exact) mass is 288 g/mol. The van der Waals surface area contributed by atoms with Crippen molar-refractivity contribution < 1.29 is 9.47 Å². The SMILES string of the molecule is CCCNc1nnc(CN(CCOC)CCOC)s1. The highest BCUT2D eigenvalue weighted by Gasteiger charge is 2.10.